The highest BCUT2D eigenvalue weighted by Gasteiger charge is 2.18. The zero-order valence-corrected chi connectivity index (χ0v) is 8.98. The highest BCUT2D eigenvalue weighted by atomic mass is 35.5. The van der Waals surface area contributed by atoms with Crippen LogP contribution in [0.4, 0.5) is 0 Å². The van der Waals surface area contributed by atoms with E-state index in [0.29, 0.717) is 0 Å². The van der Waals surface area contributed by atoms with Crippen molar-refractivity contribution < 1.29 is 16.9 Å². The third-order valence-electron chi connectivity index (χ3n) is 1.20. The number of quaternary nitrogens is 1. The van der Waals surface area contributed by atoms with Crippen LogP contribution in [0.1, 0.15) is 0 Å². The van der Waals surface area contributed by atoms with Gasteiger partial charge in [0.1, 0.15) is 0 Å². The quantitative estimate of drug-likeness (QED) is 0.224. The van der Waals surface area contributed by atoms with Gasteiger partial charge in [0.05, 0.1) is 21.1 Å². The second-order valence-electron chi connectivity index (χ2n) is 3.43. The van der Waals surface area contributed by atoms with Gasteiger partial charge in [-0.15, -0.1) is 0 Å². The summed E-state index contributed by atoms with van der Waals surface area (Å²) in [5.74, 6) is 1.07. The molecule has 0 fully saturated rings. The molecule has 0 saturated heterocycles. The second kappa shape index (κ2) is 4.57. The van der Waals surface area contributed by atoms with Gasteiger partial charge in [-0.05, 0) is 0 Å². The molecule has 0 aromatic rings. The third-order valence-corrected chi connectivity index (χ3v) is 1.20. The van der Waals surface area contributed by atoms with Crippen molar-refractivity contribution >= 4 is 5.96 Å². The highest BCUT2D eigenvalue weighted by molar-refractivity contribution is 5.72. The van der Waals surface area contributed by atoms with Gasteiger partial charge < -0.3 is 17.3 Å². The minimum absolute atomic E-state index is 0. The lowest BCUT2D eigenvalue weighted by Gasteiger charge is -2.28. The Balaban J connectivity index is 0. The molecule has 0 bridgehead atoms. The standard InChI is InChI=1S/C7H18N3.ClH/c1-8-7(9(2)3)10(4,5)6;/h1-6H3;1H/q+1;/p-1. The van der Waals surface area contributed by atoms with Gasteiger partial charge in [-0.25, -0.2) is 4.99 Å². The van der Waals surface area contributed by atoms with Gasteiger partial charge in [-0.3, -0.25) is 4.48 Å². The van der Waals surface area contributed by atoms with E-state index in [1.165, 1.54) is 0 Å². The Hall–Kier alpha value is -0.280. The molecule has 0 N–H and O–H groups in total. The van der Waals surface area contributed by atoms with Gasteiger partial charge in [-0.2, -0.15) is 0 Å². The van der Waals surface area contributed by atoms with Crippen LogP contribution >= 0.6 is 0 Å². The molecule has 68 valence electrons. The Bertz CT molecular complexity index is 135. The Morgan fingerprint density at radius 2 is 1.55 bits per heavy atom. The first kappa shape index (κ1) is 13.3. The number of halogens is 1. The van der Waals surface area contributed by atoms with Crippen LogP contribution in [0.2, 0.25) is 0 Å². The second-order valence-corrected chi connectivity index (χ2v) is 3.43. The molecule has 0 aromatic carbocycles. The van der Waals surface area contributed by atoms with Crippen molar-refractivity contribution in [2.24, 2.45) is 4.99 Å². The van der Waals surface area contributed by atoms with E-state index in [4.69, 9.17) is 0 Å². The van der Waals surface area contributed by atoms with Crippen LogP contribution < -0.4 is 12.4 Å². The fourth-order valence-electron chi connectivity index (χ4n) is 1.10. The molecule has 4 heteroatoms. The van der Waals surface area contributed by atoms with Crippen LogP contribution in [0.25, 0.3) is 0 Å². The van der Waals surface area contributed by atoms with E-state index in [1.54, 1.807) is 0 Å². The normalized spacial score (nSPS) is 12.4. The van der Waals surface area contributed by atoms with E-state index in [2.05, 4.69) is 26.1 Å². The van der Waals surface area contributed by atoms with E-state index in [-0.39, 0.29) is 12.4 Å². The summed E-state index contributed by atoms with van der Waals surface area (Å²) in [5, 5.41) is 0. The van der Waals surface area contributed by atoms with Crippen LogP contribution in [-0.2, 0) is 0 Å². The van der Waals surface area contributed by atoms with E-state index >= 15 is 0 Å². The molecule has 0 aliphatic rings. The minimum atomic E-state index is 0. The van der Waals surface area contributed by atoms with Gasteiger partial charge in [-0.1, -0.05) is 0 Å². The smallest absolute Gasteiger partial charge is 0.298 e. The molecule has 0 unspecified atom stereocenters. The molecule has 11 heavy (non-hydrogen) atoms. The number of hydrogen-bond acceptors (Lipinski definition) is 1. The molecule has 0 heterocycles. The summed E-state index contributed by atoms with van der Waals surface area (Å²) in [6.07, 6.45) is 0. The molecule has 0 atom stereocenters. The lowest BCUT2D eigenvalue weighted by atomic mass is 10.6. The van der Waals surface area contributed by atoms with Gasteiger partial charge >= 0.3 is 0 Å². The van der Waals surface area contributed by atoms with Crippen molar-refractivity contribution in [3.05, 3.63) is 0 Å². The minimum Gasteiger partial charge on any atom is -1.00 e. The van der Waals surface area contributed by atoms with Crippen LogP contribution in [0.15, 0.2) is 4.99 Å². The average molecular weight is 180 g/mol. The predicted molar refractivity (Wildman–Crippen MR) is 45.1 cm³/mol. The number of aliphatic imine (C=N–C) groups is 1. The van der Waals surface area contributed by atoms with Crippen LogP contribution in [0.5, 0.6) is 0 Å². The van der Waals surface area contributed by atoms with Crippen molar-refractivity contribution in [3.63, 3.8) is 0 Å². The molecule has 3 nitrogen and oxygen atoms in total. The summed E-state index contributed by atoms with van der Waals surface area (Å²) in [4.78, 5) is 6.20. The maximum atomic E-state index is 4.17. The largest absolute Gasteiger partial charge is 1.00 e. The van der Waals surface area contributed by atoms with Crippen molar-refractivity contribution in [2.45, 2.75) is 0 Å². The molecular weight excluding hydrogens is 162 g/mol. The number of rotatable bonds is 0. The molecule has 0 radical (unpaired) electrons. The SMILES string of the molecule is CN=C(N(C)C)[N+](C)(C)C.[Cl-]. The number of hydrogen-bond donors (Lipinski definition) is 0. The molecule has 0 rings (SSSR count). The first-order chi connectivity index (χ1) is 4.39. The Labute approximate surface area is 75.7 Å². The van der Waals surface area contributed by atoms with Gasteiger partial charge in [0.15, 0.2) is 0 Å². The summed E-state index contributed by atoms with van der Waals surface area (Å²) in [7, 11) is 12.1. The summed E-state index contributed by atoms with van der Waals surface area (Å²) in [5.41, 5.74) is 0. The average Bonchev–Trinajstić information content (AvgIpc) is 1.60. The molecule has 0 amide bonds. The van der Waals surface area contributed by atoms with E-state index in [9.17, 15) is 0 Å². The molecule has 0 spiro atoms. The maximum Gasteiger partial charge on any atom is 0.298 e. The van der Waals surface area contributed by atoms with Gasteiger partial charge in [0, 0.05) is 21.1 Å². The summed E-state index contributed by atoms with van der Waals surface area (Å²) >= 11 is 0. The molecule has 0 saturated carbocycles. The molecule has 0 aliphatic carbocycles. The van der Waals surface area contributed by atoms with Crippen molar-refractivity contribution in [2.75, 3.05) is 42.3 Å². The molecule has 0 aromatic heterocycles. The van der Waals surface area contributed by atoms with Gasteiger partial charge in [0.2, 0.25) is 0 Å². The topological polar surface area (TPSA) is 15.6 Å². The Kier molecular flexibility index (Phi) is 5.53. The van der Waals surface area contributed by atoms with Crippen molar-refractivity contribution in [1.29, 1.82) is 0 Å². The highest BCUT2D eigenvalue weighted by Crippen LogP contribution is 1.96. The van der Waals surface area contributed by atoms with Crippen molar-refractivity contribution in [3.8, 4) is 0 Å². The summed E-state index contributed by atoms with van der Waals surface area (Å²) in [6, 6.07) is 0. The monoisotopic (exact) mass is 179 g/mol. The summed E-state index contributed by atoms with van der Waals surface area (Å²) in [6.45, 7) is 0. The van der Waals surface area contributed by atoms with E-state index in [1.807, 2.05) is 26.0 Å². The lowest BCUT2D eigenvalue weighted by Crippen LogP contribution is -3.00. The zero-order valence-electron chi connectivity index (χ0n) is 8.22. The fourth-order valence-corrected chi connectivity index (χ4v) is 1.10. The van der Waals surface area contributed by atoms with Crippen molar-refractivity contribution in [1.82, 2.24) is 4.90 Å². The maximum absolute atomic E-state index is 4.17. The Morgan fingerprint density at radius 3 is 1.55 bits per heavy atom. The third kappa shape index (κ3) is 4.22. The first-order valence-electron chi connectivity index (χ1n) is 3.35. The van der Waals surface area contributed by atoms with Gasteiger partial charge in [0.25, 0.3) is 5.96 Å². The molecular formula is C7H18ClN3. The predicted octanol–water partition coefficient (Wildman–Crippen LogP) is -2.76. The summed E-state index contributed by atoms with van der Waals surface area (Å²) < 4.78 is 0.767. The zero-order chi connectivity index (χ0) is 8.36. The number of nitrogens with zero attached hydrogens (tertiary/aromatic N) is 3. The fraction of sp³-hybridized carbons (Fsp3) is 0.857. The van der Waals surface area contributed by atoms with E-state index < -0.39 is 0 Å². The van der Waals surface area contributed by atoms with E-state index in [0.717, 1.165) is 10.4 Å². The first-order valence-corrected chi connectivity index (χ1v) is 3.35. The Morgan fingerprint density at radius 1 is 1.18 bits per heavy atom. The molecule has 0 aliphatic heterocycles. The number of guanidine groups is 1. The van der Waals surface area contributed by atoms with Crippen LogP contribution in [-0.4, -0.2) is 57.6 Å². The lowest BCUT2D eigenvalue weighted by molar-refractivity contribution is -0.782. The van der Waals surface area contributed by atoms with Crippen LogP contribution in [0.3, 0.4) is 0 Å². The van der Waals surface area contributed by atoms with Crippen LogP contribution in [0, 0.1) is 0 Å².